The molecule has 0 saturated carbocycles. The summed E-state index contributed by atoms with van der Waals surface area (Å²) in [6, 6.07) is 11.2. The second-order valence-corrected chi connectivity index (χ2v) is 6.30. The van der Waals surface area contributed by atoms with Crippen LogP contribution in [0.1, 0.15) is 22.5 Å². The molecule has 2 aromatic carbocycles. The van der Waals surface area contributed by atoms with Crippen molar-refractivity contribution in [3.63, 3.8) is 0 Å². The van der Waals surface area contributed by atoms with E-state index in [1.165, 1.54) is 7.11 Å². The van der Waals surface area contributed by atoms with E-state index in [1.807, 2.05) is 26.0 Å². The van der Waals surface area contributed by atoms with Crippen molar-refractivity contribution in [3.8, 4) is 17.6 Å². The molecule has 0 unspecified atom stereocenters. The topological polar surface area (TPSA) is 108 Å². The zero-order valence-corrected chi connectivity index (χ0v) is 15.7. The maximum absolute atomic E-state index is 10.7. The standard InChI is InChI=1S/C21H19N3O4/c1-12-6-16-17(7-13(12)2)24-21(23-16)15(10-22)8-14-4-5-18(19(9-14)27-3)28-11-20(25)26/h4-9H,11H2,1-3H3,(H,23,24)(H,25,26). The van der Waals surface area contributed by atoms with E-state index in [2.05, 4.69) is 16.0 Å². The maximum Gasteiger partial charge on any atom is 0.341 e. The Kier molecular flexibility index (Phi) is 5.32. The van der Waals surface area contributed by atoms with Gasteiger partial charge in [-0.1, -0.05) is 6.07 Å². The van der Waals surface area contributed by atoms with Crippen LogP contribution >= 0.6 is 0 Å². The molecule has 0 amide bonds. The van der Waals surface area contributed by atoms with Crippen molar-refractivity contribution in [2.75, 3.05) is 13.7 Å². The van der Waals surface area contributed by atoms with Gasteiger partial charge in [0.25, 0.3) is 0 Å². The van der Waals surface area contributed by atoms with Crippen molar-refractivity contribution in [2.24, 2.45) is 0 Å². The first-order valence-corrected chi connectivity index (χ1v) is 8.53. The fraction of sp³-hybridized carbons (Fsp3) is 0.190. The number of nitriles is 1. The van der Waals surface area contributed by atoms with E-state index in [4.69, 9.17) is 14.6 Å². The Morgan fingerprint density at radius 2 is 2.00 bits per heavy atom. The van der Waals surface area contributed by atoms with Gasteiger partial charge in [-0.2, -0.15) is 5.26 Å². The van der Waals surface area contributed by atoms with Gasteiger partial charge >= 0.3 is 5.97 Å². The molecule has 28 heavy (non-hydrogen) atoms. The monoisotopic (exact) mass is 377 g/mol. The fourth-order valence-corrected chi connectivity index (χ4v) is 2.75. The van der Waals surface area contributed by atoms with Crippen molar-refractivity contribution in [1.29, 1.82) is 5.26 Å². The van der Waals surface area contributed by atoms with E-state index >= 15 is 0 Å². The van der Waals surface area contributed by atoms with Crippen molar-refractivity contribution in [2.45, 2.75) is 13.8 Å². The number of rotatable bonds is 6. The molecule has 0 spiro atoms. The predicted octanol–water partition coefficient (Wildman–Crippen LogP) is 3.72. The number of carboxylic acid groups (broad SMARTS) is 1. The minimum absolute atomic E-state index is 0.315. The van der Waals surface area contributed by atoms with Gasteiger partial charge in [0.1, 0.15) is 11.9 Å². The molecule has 1 heterocycles. The number of aryl methyl sites for hydroxylation is 2. The molecule has 0 radical (unpaired) electrons. The number of aromatic amines is 1. The summed E-state index contributed by atoms with van der Waals surface area (Å²) >= 11 is 0. The normalized spacial score (nSPS) is 11.3. The largest absolute Gasteiger partial charge is 0.493 e. The third-order valence-corrected chi connectivity index (χ3v) is 4.32. The molecule has 3 rings (SSSR count). The number of imidazole rings is 1. The summed E-state index contributed by atoms with van der Waals surface area (Å²) in [6.07, 6.45) is 1.68. The Labute approximate surface area is 161 Å². The van der Waals surface area contributed by atoms with Gasteiger partial charge in [-0.05, 0) is 60.9 Å². The molecule has 2 N–H and O–H groups in total. The Morgan fingerprint density at radius 3 is 2.68 bits per heavy atom. The molecule has 0 atom stereocenters. The number of carboxylic acids is 1. The Morgan fingerprint density at radius 1 is 1.25 bits per heavy atom. The van der Waals surface area contributed by atoms with Crippen LogP contribution in [0.3, 0.4) is 0 Å². The van der Waals surface area contributed by atoms with Gasteiger partial charge in [0, 0.05) is 0 Å². The summed E-state index contributed by atoms with van der Waals surface area (Å²) in [5.41, 5.74) is 5.02. The minimum Gasteiger partial charge on any atom is -0.493 e. The zero-order chi connectivity index (χ0) is 20.3. The van der Waals surface area contributed by atoms with Crippen LogP contribution in [-0.4, -0.2) is 34.8 Å². The quantitative estimate of drug-likeness (QED) is 0.634. The Bertz CT molecular complexity index is 1080. The lowest BCUT2D eigenvalue weighted by Gasteiger charge is -2.09. The predicted molar refractivity (Wildman–Crippen MR) is 105 cm³/mol. The number of aromatic nitrogens is 2. The molecule has 3 aromatic rings. The molecule has 0 aliphatic carbocycles. The average molecular weight is 377 g/mol. The van der Waals surface area contributed by atoms with Crippen molar-refractivity contribution >= 4 is 28.7 Å². The Balaban J connectivity index is 1.96. The highest BCUT2D eigenvalue weighted by Crippen LogP contribution is 2.30. The lowest BCUT2D eigenvalue weighted by Crippen LogP contribution is -2.10. The SMILES string of the molecule is COc1cc(C=C(C#N)c2nc3cc(C)c(C)cc3[nH]2)ccc1OCC(=O)O. The molecule has 0 bridgehead atoms. The summed E-state index contributed by atoms with van der Waals surface area (Å²) in [7, 11) is 1.46. The van der Waals surface area contributed by atoms with Crippen LogP contribution < -0.4 is 9.47 Å². The van der Waals surface area contributed by atoms with E-state index in [0.29, 0.717) is 28.5 Å². The van der Waals surface area contributed by atoms with Crippen LogP contribution in [0.25, 0.3) is 22.7 Å². The first-order valence-electron chi connectivity index (χ1n) is 8.53. The van der Waals surface area contributed by atoms with E-state index in [1.54, 1.807) is 24.3 Å². The molecule has 142 valence electrons. The first-order chi connectivity index (χ1) is 13.4. The van der Waals surface area contributed by atoms with Crippen LogP contribution in [0.2, 0.25) is 0 Å². The second kappa shape index (κ2) is 7.84. The molecule has 7 nitrogen and oxygen atoms in total. The van der Waals surface area contributed by atoms with Gasteiger partial charge < -0.3 is 19.6 Å². The number of allylic oxidation sites excluding steroid dienone is 1. The number of fused-ring (bicyclic) bond motifs is 1. The highest BCUT2D eigenvalue weighted by Gasteiger charge is 2.11. The summed E-state index contributed by atoms with van der Waals surface area (Å²) in [5, 5.41) is 18.3. The number of ether oxygens (including phenoxy) is 2. The number of carbonyl (C=O) groups is 1. The molecule has 1 aromatic heterocycles. The van der Waals surface area contributed by atoms with Crippen molar-refractivity contribution in [3.05, 3.63) is 52.8 Å². The maximum atomic E-state index is 10.7. The summed E-state index contributed by atoms with van der Waals surface area (Å²) < 4.78 is 10.5. The average Bonchev–Trinajstić information content (AvgIpc) is 3.07. The van der Waals surface area contributed by atoms with E-state index < -0.39 is 12.6 Å². The number of methoxy groups -OCH3 is 1. The molecule has 0 aliphatic rings. The second-order valence-electron chi connectivity index (χ2n) is 6.30. The fourth-order valence-electron chi connectivity index (χ4n) is 2.75. The lowest BCUT2D eigenvalue weighted by atomic mass is 10.1. The summed E-state index contributed by atoms with van der Waals surface area (Å²) in [5.74, 6) is 0.0965. The number of benzene rings is 2. The van der Waals surface area contributed by atoms with Crippen molar-refractivity contribution in [1.82, 2.24) is 9.97 Å². The van der Waals surface area contributed by atoms with Gasteiger partial charge in [0.15, 0.2) is 18.1 Å². The first kappa shape index (κ1) is 19.0. The highest BCUT2D eigenvalue weighted by molar-refractivity contribution is 5.90. The third-order valence-electron chi connectivity index (χ3n) is 4.32. The minimum atomic E-state index is -1.08. The zero-order valence-electron chi connectivity index (χ0n) is 15.7. The number of H-pyrrole nitrogens is 1. The number of nitrogens with one attached hydrogen (secondary N) is 1. The van der Waals surface area contributed by atoms with Crippen LogP contribution in [0.15, 0.2) is 30.3 Å². The van der Waals surface area contributed by atoms with Gasteiger partial charge in [-0.15, -0.1) is 0 Å². The van der Waals surface area contributed by atoms with Crippen LogP contribution in [-0.2, 0) is 4.79 Å². The molecule has 0 saturated heterocycles. The molecule has 7 heteroatoms. The van der Waals surface area contributed by atoms with Gasteiger partial charge in [0.05, 0.1) is 23.7 Å². The smallest absolute Gasteiger partial charge is 0.341 e. The van der Waals surface area contributed by atoms with E-state index in [0.717, 1.165) is 22.2 Å². The third kappa shape index (κ3) is 3.96. The summed E-state index contributed by atoms with van der Waals surface area (Å²) in [6.45, 7) is 3.58. The van der Waals surface area contributed by atoms with Gasteiger partial charge in [0.2, 0.25) is 0 Å². The van der Waals surface area contributed by atoms with Gasteiger partial charge in [-0.25, -0.2) is 9.78 Å². The molecule has 0 fully saturated rings. The number of hydrogen-bond acceptors (Lipinski definition) is 5. The van der Waals surface area contributed by atoms with Crippen LogP contribution in [0.5, 0.6) is 11.5 Å². The van der Waals surface area contributed by atoms with E-state index in [-0.39, 0.29) is 0 Å². The highest BCUT2D eigenvalue weighted by atomic mass is 16.5. The number of aliphatic carboxylic acids is 1. The number of hydrogen-bond donors (Lipinski definition) is 2. The van der Waals surface area contributed by atoms with Gasteiger partial charge in [-0.3, -0.25) is 0 Å². The van der Waals surface area contributed by atoms with Crippen molar-refractivity contribution < 1.29 is 19.4 Å². The number of nitrogens with zero attached hydrogens (tertiary/aromatic N) is 2. The van der Waals surface area contributed by atoms with Crippen LogP contribution in [0.4, 0.5) is 0 Å². The lowest BCUT2D eigenvalue weighted by molar-refractivity contribution is -0.139. The summed E-state index contributed by atoms with van der Waals surface area (Å²) in [4.78, 5) is 18.4. The Hall–Kier alpha value is -3.79. The molecular weight excluding hydrogens is 358 g/mol. The van der Waals surface area contributed by atoms with Crippen LogP contribution in [0, 0.1) is 25.2 Å². The molecule has 0 aliphatic heterocycles. The van der Waals surface area contributed by atoms with E-state index in [9.17, 15) is 10.1 Å². The molecular formula is C21H19N3O4.